The minimum absolute atomic E-state index is 0.288. The smallest absolute Gasteiger partial charge is 0.333 e. The van der Waals surface area contributed by atoms with Crippen LogP contribution in [-0.2, 0) is 14.3 Å². The van der Waals surface area contributed by atoms with Gasteiger partial charge in [0.25, 0.3) is 0 Å². The van der Waals surface area contributed by atoms with Gasteiger partial charge in [-0.15, -0.1) is 0 Å². The third kappa shape index (κ3) is 3.87. The maximum atomic E-state index is 14.0. The van der Waals surface area contributed by atoms with Crippen molar-refractivity contribution in [2.75, 3.05) is 14.2 Å². The largest absolute Gasteiger partial charge is 0.467 e. The van der Waals surface area contributed by atoms with Gasteiger partial charge in [-0.1, -0.05) is 0 Å². The van der Waals surface area contributed by atoms with E-state index in [4.69, 9.17) is 4.42 Å². The number of halogens is 2. The normalized spacial score (nSPS) is 12.2. The van der Waals surface area contributed by atoms with E-state index in [1.165, 1.54) is 19.4 Å². The number of hydrogen-bond donors (Lipinski definition) is 0. The first-order valence-corrected chi connectivity index (χ1v) is 6.95. The van der Waals surface area contributed by atoms with Gasteiger partial charge in [-0.3, -0.25) is 4.79 Å². The van der Waals surface area contributed by atoms with Gasteiger partial charge in [0.05, 0.1) is 13.4 Å². The fraction of sp³-hybridized carbons (Fsp3) is 0.176. The van der Waals surface area contributed by atoms with E-state index in [-0.39, 0.29) is 5.56 Å². The number of rotatable bonds is 5. The van der Waals surface area contributed by atoms with Crippen LogP contribution in [0.2, 0.25) is 0 Å². The van der Waals surface area contributed by atoms with Gasteiger partial charge in [-0.25, -0.2) is 13.6 Å². The third-order valence-corrected chi connectivity index (χ3v) is 3.35. The highest BCUT2D eigenvalue weighted by molar-refractivity contribution is 5.94. The van der Waals surface area contributed by atoms with Crippen LogP contribution < -0.4 is 0 Å². The summed E-state index contributed by atoms with van der Waals surface area (Å²) in [5.41, 5.74) is -0.288. The molecule has 7 heteroatoms. The van der Waals surface area contributed by atoms with Gasteiger partial charge in [0.15, 0.2) is 6.04 Å². The number of furan rings is 1. The van der Waals surface area contributed by atoms with E-state index < -0.39 is 29.6 Å². The van der Waals surface area contributed by atoms with E-state index in [1.54, 1.807) is 12.1 Å². The summed E-state index contributed by atoms with van der Waals surface area (Å²) < 4.78 is 37.1. The number of carbonyl (C=O) groups excluding carboxylic acids is 2. The number of methoxy groups -OCH3 is 1. The molecule has 0 N–H and O–H groups in total. The van der Waals surface area contributed by atoms with Crippen molar-refractivity contribution < 1.29 is 27.5 Å². The summed E-state index contributed by atoms with van der Waals surface area (Å²) in [6.07, 6.45) is 3.99. The Balaban J connectivity index is 2.31. The number of esters is 1. The summed E-state index contributed by atoms with van der Waals surface area (Å²) in [7, 11) is 2.39. The van der Waals surface area contributed by atoms with Crippen LogP contribution >= 0.6 is 0 Å². The van der Waals surface area contributed by atoms with Crippen LogP contribution in [0.25, 0.3) is 6.08 Å². The molecule has 1 aromatic heterocycles. The van der Waals surface area contributed by atoms with Crippen LogP contribution in [-0.4, -0.2) is 30.9 Å². The van der Waals surface area contributed by atoms with E-state index in [0.717, 1.165) is 36.3 Å². The van der Waals surface area contributed by atoms with Gasteiger partial charge in [-0.2, -0.15) is 0 Å². The number of benzene rings is 1. The standard InChI is InChI=1S/C17H15F2NO4/c1-20(15(21)8-6-12-4-3-9-24-12)16(17(22)23-2)13-10-11(18)5-7-14(13)19/h3-10,16H,1-2H3. The Morgan fingerprint density at radius 3 is 2.67 bits per heavy atom. The summed E-state index contributed by atoms with van der Waals surface area (Å²) >= 11 is 0. The fourth-order valence-electron chi connectivity index (χ4n) is 2.11. The van der Waals surface area contributed by atoms with Crippen LogP contribution in [0.1, 0.15) is 17.4 Å². The van der Waals surface area contributed by atoms with E-state index in [9.17, 15) is 18.4 Å². The highest BCUT2D eigenvalue weighted by Gasteiger charge is 2.31. The average molecular weight is 335 g/mol. The molecule has 2 aromatic rings. The van der Waals surface area contributed by atoms with E-state index in [1.807, 2.05) is 0 Å². The minimum atomic E-state index is -1.42. The molecule has 2 rings (SSSR count). The molecule has 0 bridgehead atoms. The molecule has 5 nitrogen and oxygen atoms in total. The first-order valence-electron chi connectivity index (χ1n) is 6.95. The first kappa shape index (κ1) is 17.4. The first-order chi connectivity index (χ1) is 11.4. The maximum absolute atomic E-state index is 14.0. The topological polar surface area (TPSA) is 59.8 Å². The molecule has 0 aliphatic carbocycles. The Kier molecular flexibility index (Phi) is 5.47. The number of amides is 1. The second-order valence-corrected chi connectivity index (χ2v) is 4.89. The molecule has 0 saturated carbocycles. The van der Waals surface area contributed by atoms with Crippen LogP contribution in [0.4, 0.5) is 8.78 Å². The van der Waals surface area contributed by atoms with Gasteiger partial charge in [-0.05, 0) is 36.4 Å². The monoisotopic (exact) mass is 335 g/mol. The molecule has 1 atom stereocenters. The van der Waals surface area contributed by atoms with Crippen LogP contribution in [0.3, 0.4) is 0 Å². The Morgan fingerprint density at radius 2 is 2.04 bits per heavy atom. The molecule has 1 unspecified atom stereocenters. The zero-order valence-corrected chi connectivity index (χ0v) is 13.0. The molecule has 0 aliphatic rings. The van der Waals surface area contributed by atoms with Crippen LogP contribution in [0, 0.1) is 11.6 Å². The molecule has 1 heterocycles. The average Bonchev–Trinajstić information content (AvgIpc) is 3.09. The molecule has 1 aromatic carbocycles. The van der Waals surface area contributed by atoms with Crippen molar-refractivity contribution in [1.29, 1.82) is 0 Å². The highest BCUT2D eigenvalue weighted by atomic mass is 19.1. The Labute approximate surface area is 137 Å². The van der Waals surface area contributed by atoms with E-state index >= 15 is 0 Å². The molecule has 0 radical (unpaired) electrons. The highest BCUT2D eigenvalue weighted by Crippen LogP contribution is 2.25. The third-order valence-electron chi connectivity index (χ3n) is 3.35. The number of nitrogens with zero attached hydrogens (tertiary/aromatic N) is 1. The molecular formula is C17H15F2NO4. The molecule has 0 aliphatic heterocycles. The summed E-state index contributed by atoms with van der Waals surface area (Å²) in [5, 5.41) is 0. The van der Waals surface area contributed by atoms with Crippen LogP contribution in [0.15, 0.2) is 47.1 Å². The summed E-state index contributed by atoms with van der Waals surface area (Å²) in [6, 6.07) is 4.53. The molecule has 24 heavy (non-hydrogen) atoms. The van der Waals surface area contributed by atoms with Gasteiger partial charge in [0.1, 0.15) is 17.4 Å². The molecule has 126 valence electrons. The number of hydrogen-bond acceptors (Lipinski definition) is 4. The number of likely N-dealkylation sites (N-methyl/N-ethyl adjacent to an activating group) is 1. The zero-order chi connectivity index (χ0) is 17.7. The maximum Gasteiger partial charge on any atom is 0.333 e. The predicted octanol–water partition coefficient (Wildman–Crippen LogP) is 2.94. The number of ether oxygens (including phenoxy) is 1. The summed E-state index contributed by atoms with van der Waals surface area (Å²) in [5.74, 6) is -2.61. The summed E-state index contributed by atoms with van der Waals surface area (Å²) in [4.78, 5) is 25.2. The van der Waals surface area contributed by atoms with Crippen molar-refractivity contribution in [2.24, 2.45) is 0 Å². The lowest BCUT2D eigenvalue weighted by molar-refractivity contribution is -0.150. The van der Waals surface area contributed by atoms with Crippen molar-refractivity contribution >= 4 is 18.0 Å². The van der Waals surface area contributed by atoms with E-state index in [2.05, 4.69) is 4.74 Å². The molecule has 0 saturated heterocycles. The predicted molar refractivity (Wildman–Crippen MR) is 81.6 cm³/mol. The Morgan fingerprint density at radius 1 is 1.29 bits per heavy atom. The Bertz CT molecular complexity index is 756. The lowest BCUT2D eigenvalue weighted by Gasteiger charge is -2.25. The Hall–Kier alpha value is -2.96. The van der Waals surface area contributed by atoms with E-state index in [0.29, 0.717) is 5.76 Å². The van der Waals surface area contributed by atoms with Crippen molar-refractivity contribution in [3.8, 4) is 0 Å². The fourth-order valence-corrected chi connectivity index (χ4v) is 2.11. The van der Waals surface area contributed by atoms with Crippen molar-refractivity contribution in [2.45, 2.75) is 6.04 Å². The van der Waals surface area contributed by atoms with Crippen molar-refractivity contribution in [3.05, 3.63) is 65.6 Å². The van der Waals surface area contributed by atoms with Crippen LogP contribution in [0.5, 0.6) is 0 Å². The molecular weight excluding hydrogens is 320 g/mol. The van der Waals surface area contributed by atoms with Gasteiger partial charge < -0.3 is 14.1 Å². The molecule has 1 amide bonds. The van der Waals surface area contributed by atoms with Gasteiger partial charge in [0, 0.05) is 18.7 Å². The van der Waals surface area contributed by atoms with Crippen molar-refractivity contribution in [3.63, 3.8) is 0 Å². The lowest BCUT2D eigenvalue weighted by atomic mass is 10.0. The van der Waals surface area contributed by atoms with Gasteiger partial charge in [0.2, 0.25) is 5.91 Å². The van der Waals surface area contributed by atoms with Gasteiger partial charge >= 0.3 is 5.97 Å². The molecule has 0 spiro atoms. The lowest BCUT2D eigenvalue weighted by Crippen LogP contribution is -2.36. The number of carbonyl (C=O) groups is 2. The second kappa shape index (κ2) is 7.54. The quantitative estimate of drug-likeness (QED) is 0.623. The summed E-state index contributed by atoms with van der Waals surface area (Å²) in [6.45, 7) is 0. The van der Waals surface area contributed by atoms with Crippen molar-refractivity contribution in [1.82, 2.24) is 4.90 Å². The molecule has 0 fully saturated rings. The SMILES string of the molecule is COC(=O)C(c1cc(F)ccc1F)N(C)C(=O)C=Cc1ccco1. The zero-order valence-electron chi connectivity index (χ0n) is 13.0. The second-order valence-electron chi connectivity index (χ2n) is 4.89. The minimum Gasteiger partial charge on any atom is -0.467 e.